The van der Waals surface area contributed by atoms with Crippen LogP contribution >= 0.6 is 24.0 Å². The molecule has 1 saturated heterocycles. The summed E-state index contributed by atoms with van der Waals surface area (Å²) in [5.74, 6) is -0.110. The fraction of sp³-hybridized carbons (Fsp3) is 0.200. The van der Waals surface area contributed by atoms with E-state index in [0.717, 1.165) is 24.0 Å². The number of hydrogen-bond acceptors (Lipinski definition) is 6. The maximum Gasteiger partial charge on any atom is 0.269 e. The van der Waals surface area contributed by atoms with Gasteiger partial charge >= 0.3 is 0 Å². The lowest BCUT2D eigenvalue weighted by atomic mass is 10.2. The summed E-state index contributed by atoms with van der Waals surface area (Å²) >= 11 is 6.70. The van der Waals surface area contributed by atoms with Gasteiger partial charge in [0.15, 0.2) is 0 Å². The van der Waals surface area contributed by atoms with Crippen molar-refractivity contribution >= 4 is 52.1 Å². The highest BCUT2D eigenvalue weighted by Crippen LogP contribution is 2.32. The highest BCUT2D eigenvalue weighted by molar-refractivity contribution is 8.26. The third-order valence-electron chi connectivity index (χ3n) is 5.94. The van der Waals surface area contributed by atoms with Crippen molar-refractivity contribution < 1.29 is 19.1 Å². The molecule has 2 N–H and O–H groups in total. The molecule has 3 aromatic carbocycles. The number of nitrogens with zero attached hydrogens (tertiary/aromatic N) is 1. The van der Waals surface area contributed by atoms with Crippen molar-refractivity contribution in [1.82, 2.24) is 15.8 Å². The number of nitrogens with one attached hydrogen (secondary N) is 2. The van der Waals surface area contributed by atoms with Crippen molar-refractivity contribution in [2.24, 2.45) is 0 Å². The number of hydrazine groups is 1. The summed E-state index contributed by atoms with van der Waals surface area (Å²) in [5, 5.41) is 0. The molecule has 3 amide bonds. The van der Waals surface area contributed by atoms with E-state index in [-0.39, 0.29) is 18.2 Å². The van der Waals surface area contributed by atoms with Crippen molar-refractivity contribution in [1.29, 1.82) is 0 Å². The van der Waals surface area contributed by atoms with Gasteiger partial charge in [0.25, 0.3) is 11.8 Å². The average molecular weight is 560 g/mol. The quantitative estimate of drug-likeness (QED) is 0.140. The van der Waals surface area contributed by atoms with E-state index in [1.165, 1.54) is 11.8 Å². The van der Waals surface area contributed by atoms with Gasteiger partial charge in [0.1, 0.15) is 16.7 Å². The van der Waals surface area contributed by atoms with Crippen LogP contribution < -0.4 is 15.6 Å². The van der Waals surface area contributed by atoms with Crippen LogP contribution in [0.1, 0.15) is 47.2 Å². The molecule has 0 spiro atoms. The number of ether oxygens (including phenoxy) is 1. The molecule has 0 unspecified atom stereocenters. The van der Waals surface area contributed by atoms with Gasteiger partial charge in [-0.3, -0.25) is 30.1 Å². The average Bonchev–Trinajstić information content (AvgIpc) is 3.23. The molecule has 200 valence electrons. The normalized spacial score (nSPS) is 13.9. The van der Waals surface area contributed by atoms with Gasteiger partial charge in [0.05, 0.1) is 4.91 Å². The SMILES string of the molecule is O=C(CCCCCN1C(=O)/C(=C/c2ccccc2)SC1=S)NNC(=O)c1ccc(OCc2ccccc2)cc1. The maximum absolute atomic E-state index is 12.7. The number of carbonyl (C=O) groups is 3. The Balaban J connectivity index is 1.11. The Morgan fingerprint density at radius 3 is 2.28 bits per heavy atom. The molecule has 39 heavy (non-hydrogen) atoms. The van der Waals surface area contributed by atoms with Crippen LogP contribution in [-0.2, 0) is 16.2 Å². The zero-order valence-electron chi connectivity index (χ0n) is 21.3. The lowest BCUT2D eigenvalue weighted by Crippen LogP contribution is -2.41. The molecular weight excluding hydrogens is 530 g/mol. The Labute approximate surface area is 237 Å². The molecule has 0 aliphatic carbocycles. The molecule has 4 rings (SSSR count). The monoisotopic (exact) mass is 559 g/mol. The van der Waals surface area contributed by atoms with E-state index < -0.39 is 5.91 Å². The number of unbranched alkanes of at least 4 members (excludes halogenated alkanes) is 2. The Hall–Kier alpha value is -3.95. The minimum Gasteiger partial charge on any atom is -0.489 e. The fourth-order valence-corrected chi connectivity index (χ4v) is 5.14. The lowest BCUT2D eigenvalue weighted by molar-refractivity contribution is -0.123. The van der Waals surface area contributed by atoms with E-state index in [1.807, 2.05) is 66.7 Å². The van der Waals surface area contributed by atoms with E-state index in [4.69, 9.17) is 17.0 Å². The van der Waals surface area contributed by atoms with Crippen LogP contribution in [0.4, 0.5) is 0 Å². The predicted octanol–water partition coefficient (Wildman–Crippen LogP) is 5.49. The van der Waals surface area contributed by atoms with Gasteiger partial charge in [-0.1, -0.05) is 91.1 Å². The number of thiocarbonyl (C=S) groups is 1. The molecule has 1 aliphatic heterocycles. The summed E-state index contributed by atoms with van der Waals surface area (Å²) in [6.45, 7) is 0.953. The zero-order valence-corrected chi connectivity index (χ0v) is 22.9. The first kappa shape index (κ1) is 28.1. The third kappa shape index (κ3) is 8.53. The summed E-state index contributed by atoms with van der Waals surface area (Å²) in [6.07, 6.45) is 4.22. The number of hydrogen-bond donors (Lipinski definition) is 2. The number of rotatable bonds is 11. The summed E-state index contributed by atoms with van der Waals surface area (Å²) in [7, 11) is 0. The lowest BCUT2D eigenvalue weighted by Gasteiger charge is -2.14. The Morgan fingerprint density at radius 1 is 0.872 bits per heavy atom. The Morgan fingerprint density at radius 2 is 1.56 bits per heavy atom. The molecule has 9 heteroatoms. The zero-order chi connectivity index (χ0) is 27.5. The summed E-state index contributed by atoms with van der Waals surface area (Å²) in [5.41, 5.74) is 7.31. The minimum atomic E-state index is -0.407. The van der Waals surface area contributed by atoms with Crippen molar-refractivity contribution in [2.45, 2.75) is 32.3 Å². The molecule has 7 nitrogen and oxygen atoms in total. The largest absolute Gasteiger partial charge is 0.489 e. The first-order valence-corrected chi connectivity index (χ1v) is 13.9. The maximum atomic E-state index is 12.7. The standard InChI is InChI=1S/C30H29N3O4S2/c34-27(31-32-28(35)24-15-17-25(18-16-24)37-21-23-12-6-2-7-13-23)14-8-3-9-19-33-29(36)26(39-30(33)38)20-22-10-4-1-5-11-22/h1-2,4-7,10-13,15-18,20H,3,8-9,14,19,21H2,(H,31,34)(H,32,35)/b26-20-. The van der Waals surface area contributed by atoms with E-state index in [9.17, 15) is 14.4 Å². The Kier molecular flexibility index (Phi) is 10.3. The number of amides is 3. The van der Waals surface area contributed by atoms with Crippen LogP contribution in [0.2, 0.25) is 0 Å². The van der Waals surface area contributed by atoms with Gasteiger partial charge in [-0.15, -0.1) is 0 Å². The molecule has 1 heterocycles. The van der Waals surface area contributed by atoms with Crippen LogP contribution in [0.5, 0.6) is 5.75 Å². The molecule has 3 aromatic rings. The third-order valence-corrected chi connectivity index (χ3v) is 7.31. The second-order valence-electron chi connectivity index (χ2n) is 8.86. The van der Waals surface area contributed by atoms with Crippen molar-refractivity contribution in [3.05, 3.63) is 107 Å². The van der Waals surface area contributed by atoms with Gasteiger partial charge in [-0.25, -0.2) is 0 Å². The highest BCUT2D eigenvalue weighted by Gasteiger charge is 2.31. The smallest absolute Gasteiger partial charge is 0.269 e. The van der Waals surface area contributed by atoms with Crippen LogP contribution in [0, 0.1) is 0 Å². The molecule has 0 saturated carbocycles. The van der Waals surface area contributed by atoms with Crippen LogP contribution in [0.3, 0.4) is 0 Å². The summed E-state index contributed by atoms with van der Waals surface area (Å²) < 4.78 is 6.28. The van der Waals surface area contributed by atoms with Gasteiger partial charge < -0.3 is 4.74 Å². The fourth-order valence-electron chi connectivity index (χ4n) is 3.83. The molecule has 0 radical (unpaired) electrons. The van der Waals surface area contributed by atoms with Crippen molar-refractivity contribution in [3.8, 4) is 5.75 Å². The molecule has 0 atom stereocenters. The summed E-state index contributed by atoms with van der Waals surface area (Å²) in [6, 6.07) is 26.2. The van der Waals surface area contributed by atoms with E-state index >= 15 is 0 Å². The number of carbonyl (C=O) groups excluding carboxylic acids is 3. The molecule has 0 bridgehead atoms. The number of benzene rings is 3. The van der Waals surface area contributed by atoms with Gasteiger partial charge in [0.2, 0.25) is 5.91 Å². The first-order chi connectivity index (χ1) is 19.0. The molecular formula is C30H29N3O4S2. The van der Waals surface area contributed by atoms with Crippen molar-refractivity contribution in [3.63, 3.8) is 0 Å². The molecule has 0 aromatic heterocycles. The van der Waals surface area contributed by atoms with Gasteiger partial charge in [-0.2, -0.15) is 0 Å². The second kappa shape index (κ2) is 14.3. The number of thioether (sulfide) groups is 1. The minimum absolute atomic E-state index is 0.0786. The van der Waals surface area contributed by atoms with Gasteiger partial charge in [-0.05, 0) is 54.3 Å². The second-order valence-corrected chi connectivity index (χ2v) is 10.5. The van der Waals surface area contributed by atoms with Crippen molar-refractivity contribution in [2.75, 3.05) is 6.54 Å². The molecule has 1 aliphatic rings. The topological polar surface area (TPSA) is 87.7 Å². The van der Waals surface area contributed by atoms with Gasteiger partial charge in [0, 0.05) is 18.5 Å². The molecule has 1 fully saturated rings. The summed E-state index contributed by atoms with van der Waals surface area (Å²) in [4.78, 5) is 39.4. The highest BCUT2D eigenvalue weighted by atomic mass is 32.2. The van der Waals surface area contributed by atoms with E-state index in [0.29, 0.717) is 40.1 Å². The Bertz CT molecular complexity index is 1330. The van der Waals surface area contributed by atoms with Crippen LogP contribution in [0.25, 0.3) is 6.08 Å². The van der Waals surface area contributed by atoms with Crippen LogP contribution in [-0.4, -0.2) is 33.5 Å². The van der Waals surface area contributed by atoms with E-state index in [1.54, 1.807) is 29.2 Å². The van der Waals surface area contributed by atoms with E-state index in [2.05, 4.69) is 10.9 Å². The first-order valence-electron chi connectivity index (χ1n) is 12.7. The predicted molar refractivity (Wildman–Crippen MR) is 158 cm³/mol. The van der Waals surface area contributed by atoms with Crippen LogP contribution in [0.15, 0.2) is 89.8 Å².